The average Bonchev–Trinajstić information content (AvgIpc) is 3.20. The number of amides is 1. The first kappa shape index (κ1) is 16.8. The molecule has 0 bridgehead atoms. The second kappa shape index (κ2) is 6.24. The van der Waals surface area contributed by atoms with Crippen LogP contribution in [0.15, 0.2) is 33.9 Å². The fourth-order valence-corrected chi connectivity index (χ4v) is 2.80. The molecule has 0 aliphatic carbocycles. The van der Waals surface area contributed by atoms with Crippen LogP contribution in [0.25, 0.3) is 22.4 Å². The van der Waals surface area contributed by atoms with Gasteiger partial charge in [0.15, 0.2) is 16.9 Å². The Kier molecular flexibility index (Phi) is 3.87. The SMILES string of the molecule is COc1cc2nc(NC(=O)Cn3cnc4c3ncc(=O)n4C)oc2cc1C. The largest absolute Gasteiger partial charge is 0.496 e. The van der Waals surface area contributed by atoms with E-state index in [1.165, 1.54) is 17.1 Å². The summed E-state index contributed by atoms with van der Waals surface area (Å²) in [7, 11) is 3.18. The number of hydrogen-bond acceptors (Lipinski definition) is 7. The number of methoxy groups -OCH3 is 1. The smallest absolute Gasteiger partial charge is 0.302 e. The number of anilines is 1. The molecule has 3 heterocycles. The Morgan fingerprint density at radius 2 is 2.11 bits per heavy atom. The molecule has 10 nitrogen and oxygen atoms in total. The van der Waals surface area contributed by atoms with Crippen LogP contribution in [0, 0.1) is 6.92 Å². The fraction of sp³-hybridized carbons (Fsp3) is 0.235. The lowest BCUT2D eigenvalue weighted by atomic mass is 10.2. The first-order chi connectivity index (χ1) is 13.0. The number of aromatic nitrogens is 5. The Morgan fingerprint density at radius 3 is 2.89 bits per heavy atom. The van der Waals surface area contributed by atoms with Gasteiger partial charge in [0.05, 0.1) is 19.6 Å². The number of nitrogens with zero attached hydrogens (tertiary/aromatic N) is 5. The van der Waals surface area contributed by atoms with Crippen LogP contribution in [0.1, 0.15) is 5.56 Å². The van der Waals surface area contributed by atoms with E-state index in [2.05, 4.69) is 20.3 Å². The third kappa shape index (κ3) is 2.90. The monoisotopic (exact) mass is 368 g/mol. The summed E-state index contributed by atoms with van der Waals surface area (Å²) >= 11 is 0. The Hall–Kier alpha value is -3.69. The molecule has 4 aromatic rings. The molecule has 0 aliphatic heterocycles. The van der Waals surface area contributed by atoms with Gasteiger partial charge in [-0.25, -0.2) is 9.97 Å². The van der Waals surface area contributed by atoms with Crippen LogP contribution in [-0.2, 0) is 18.4 Å². The van der Waals surface area contributed by atoms with Crippen molar-refractivity contribution in [3.05, 3.63) is 40.6 Å². The highest BCUT2D eigenvalue weighted by Gasteiger charge is 2.14. The molecule has 0 unspecified atom stereocenters. The number of nitrogens with one attached hydrogen (secondary N) is 1. The van der Waals surface area contributed by atoms with E-state index in [0.29, 0.717) is 28.1 Å². The van der Waals surface area contributed by atoms with E-state index in [1.807, 2.05) is 6.92 Å². The fourth-order valence-electron chi connectivity index (χ4n) is 2.80. The van der Waals surface area contributed by atoms with Gasteiger partial charge in [-0.05, 0) is 18.6 Å². The Balaban J connectivity index is 1.57. The number of fused-ring (bicyclic) bond motifs is 2. The molecule has 1 N–H and O–H groups in total. The standard InChI is InChI=1S/C17H16N6O4/c1-9-4-12-10(5-11(9)26-3)20-17(27-12)21-13(24)7-23-8-19-15-16(23)18-6-14(25)22(15)2/h4-6,8H,7H2,1-3H3,(H,20,21,24). The van der Waals surface area contributed by atoms with Crippen LogP contribution >= 0.6 is 0 Å². The van der Waals surface area contributed by atoms with Gasteiger partial charge in [0.2, 0.25) is 5.91 Å². The molecule has 27 heavy (non-hydrogen) atoms. The van der Waals surface area contributed by atoms with Crippen molar-refractivity contribution >= 4 is 34.3 Å². The lowest BCUT2D eigenvalue weighted by Crippen LogP contribution is -2.20. The van der Waals surface area contributed by atoms with Crippen molar-refractivity contribution in [1.82, 2.24) is 24.1 Å². The number of imidazole rings is 1. The molecule has 0 spiro atoms. The molecule has 3 aromatic heterocycles. The molecule has 1 aromatic carbocycles. The minimum absolute atomic E-state index is 0.0528. The zero-order valence-corrected chi connectivity index (χ0v) is 14.9. The molecule has 0 saturated heterocycles. The van der Waals surface area contributed by atoms with E-state index >= 15 is 0 Å². The molecular weight excluding hydrogens is 352 g/mol. The van der Waals surface area contributed by atoms with Crippen molar-refractivity contribution < 1.29 is 13.9 Å². The summed E-state index contributed by atoms with van der Waals surface area (Å²) in [6.07, 6.45) is 2.64. The van der Waals surface area contributed by atoms with E-state index in [-0.39, 0.29) is 24.0 Å². The Morgan fingerprint density at radius 1 is 1.30 bits per heavy atom. The molecular formula is C17H16N6O4. The van der Waals surface area contributed by atoms with E-state index in [4.69, 9.17) is 9.15 Å². The van der Waals surface area contributed by atoms with Crippen LogP contribution in [0.2, 0.25) is 0 Å². The molecule has 4 rings (SSSR count). The number of rotatable bonds is 4. The Labute approximate surface area is 152 Å². The molecule has 0 atom stereocenters. The van der Waals surface area contributed by atoms with Gasteiger partial charge in [0.25, 0.3) is 5.56 Å². The van der Waals surface area contributed by atoms with E-state index in [1.54, 1.807) is 30.9 Å². The molecule has 0 fully saturated rings. The van der Waals surface area contributed by atoms with E-state index in [9.17, 15) is 9.59 Å². The summed E-state index contributed by atoms with van der Waals surface area (Å²) in [5.41, 5.74) is 2.60. The van der Waals surface area contributed by atoms with Gasteiger partial charge < -0.3 is 13.7 Å². The number of carbonyl (C=O) groups excluding carboxylic acids is 1. The topological polar surface area (TPSA) is 117 Å². The molecule has 1 amide bonds. The van der Waals surface area contributed by atoms with Gasteiger partial charge in [-0.1, -0.05) is 0 Å². The van der Waals surface area contributed by atoms with E-state index < -0.39 is 0 Å². The minimum atomic E-state index is -0.361. The normalized spacial score (nSPS) is 11.2. The van der Waals surface area contributed by atoms with Crippen molar-refractivity contribution in [2.24, 2.45) is 7.05 Å². The number of carbonyl (C=O) groups is 1. The third-order valence-electron chi connectivity index (χ3n) is 4.20. The van der Waals surface area contributed by atoms with Crippen LogP contribution < -0.4 is 15.6 Å². The second-order valence-corrected chi connectivity index (χ2v) is 6.03. The molecule has 138 valence electrons. The zero-order valence-electron chi connectivity index (χ0n) is 14.9. The van der Waals surface area contributed by atoms with Crippen molar-refractivity contribution in [3.8, 4) is 5.75 Å². The van der Waals surface area contributed by atoms with Gasteiger partial charge in [0, 0.05) is 13.1 Å². The highest BCUT2D eigenvalue weighted by molar-refractivity contribution is 5.90. The van der Waals surface area contributed by atoms with Crippen molar-refractivity contribution in [3.63, 3.8) is 0 Å². The highest BCUT2D eigenvalue weighted by atomic mass is 16.5. The van der Waals surface area contributed by atoms with Crippen molar-refractivity contribution in [2.75, 3.05) is 12.4 Å². The second-order valence-electron chi connectivity index (χ2n) is 6.03. The summed E-state index contributed by atoms with van der Waals surface area (Å²) in [6, 6.07) is 3.63. The van der Waals surface area contributed by atoms with Gasteiger partial charge in [0.1, 0.15) is 17.8 Å². The molecule has 0 aliphatic rings. The highest BCUT2D eigenvalue weighted by Crippen LogP contribution is 2.27. The maximum absolute atomic E-state index is 12.4. The summed E-state index contributed by atoms with van der Waals surface area (Å²) in [5.74, 6) is 0.329. The number of ether oxygens (including phenoxy) is 1. The van der Waals surface area contributed by atoms with Gasteiger partial charge >= 0.3 is 6.01 Å². The molecule has 0 radical (unpaired) electrons. The zero-order chi connectivity index (χ0) is 19.1. The molecule has 0 saturated carbocycles. The maximum Gasteiger partial charge on any atom is 0.302 e. The quantitative estimate of drug-likeness (QED) is 0.575. The van der Waals surface area contributed by atoms with Gasteiger partial charge in [-0.3, -0.25) is 19.5 Å². The van der Waals surface area contributed by atoms with Crippen LogP contribution in [-0.4, -0.2) is 37.1 Å². The Bertz CT molecular complexity index is 1240. The minimum Gasteiger partial charge on any atom is -0.496 e. The van der Waals surface area contributed by atoms with Gasteiger partial charge in [-0.2, -0.15) is 4.98 Å². The van der Waals surface area contributed by atoms with Crippen LogP contribution in [0.3, 0.4) is 0 Å². The van der Waals surface area contributed by atoms with Gasteiger partial charge in [-0.15, -0.1) is 0 Å². The predicted octanol–water partition coefficient (Wildman–Crippen LogP) is 1.23. The lowest BCUT2D eigenvalue weighted by Gasteiger charge is -2.03. The number of oxazole rings is 1. The third-order valence-corrected chi connectivity index (χ3v) is 4.20. The lowest BCUT2D eigenvalue weighted by molar-refractivity contribution is -0.116. The van der Waals surface area contributed by atoms with E-state index in [0.717, 1.165) is 5.56 Å². The first-order valence-electron chi connectivity index (χ1n) is 8.08. The maximum atomic E-state index is 12.4. The molecule has 10 heteroatoms. The first-order valence-corrected chi connectivity index (χ1v) is 8.08. The summed E-state index contributed by atoms with van der Waals surface area (Å²) in [6.45, 7) is 1.84. The predicted molar refractivity (Wildman–Crippen MR) is 96.7 cm³/mol. The number of benzene rings is 1. The number of aryl methyl sites for hydroxylation is 2. The van der Waals surface area contributed by atoms with Crippen molar-refractivity contribution in [1.29, 1.82) is 0 Å². The number of hydrogen-bond donors (Lipinski definition) is 1. The summed E-state index contributed by atoms with van der Waals surface area (Å²) in [5, 5.41) is 2.61. The summed E-state index contributed by atoms with van der Waals surface area (Å²) < 4.78 is 13.7. The van der Waals surface area contributed by atoms with Crippen molar-refractivity contribution in [2.45, 2.75) is 13.5 Å². The summed E-state index contributed by atoms with van der Waals surface area (Å²) in [4.78, 5) is 36.4. The average molecular weight is 368 g/mol. The van der Waals surface area contributed by atoms with Crippen LogP contribution in [0.4, 0.5) is 6.01 Å². The van der Waals surface area contributed by atoms with Crippen LogP contribution in [0.5, 0.6) is 5.75 Å².